The first kappa shape index (κ1) is 21.7. The van der Waals surface area contributed by atoms with Gasteiger partial charge in [-0.1, -0.05) is 15.9 Å². The Hall–Kier alpha value is -2.50. The van der Waals surface area contributed by atoms with E-state index in [1.54, 1.807) is 30.7 Å². The number of imidazole rings is 1. The molecule has 164 valence electrons. The molecule has 0 aliphatic carbocycles. The van der Waals surface area contributed by atoms with Crippen molar-refractivity contribution in [2.24, 2.45) is 0 Å². The molecule has 1 aliphatic heterocycles. The molecular weight excluding hydrogens is 484 g/mol. The summed E-state index contributed by atoms with van der Waals surface area (Å²) in [6, 6.07) is 6.94. The fourth-order valence-corrected chi connectivity index (χ4v) is 5.57. The summed E-state index contributed by atoms with van der Waals surface area (Å²) in [5.41, 5.74) is 0. The smallest absolute Gasteiger partial charge is 0.246 e. The predicted molar refractivity (Wildman–Crippen MR) is 120 cm³/mol. The molecule has 0 spiro atoms. The molecule has 3 aromatic rings. The minimum absolute atomic E-state index is 0.178. The lowest BCUT2D eigenvalue weighted by molar-refractivity contribution is 0.327. The van der Waals surface area contributed by atoms with E-state index in [1.165, 1.54) is 4.31 Å². The van der Waals surface area contributed by atoms with Crippen LogP contribution in [0.2, 0.25) is 0 Å². The standard InChI is InChI=1S/C20H23BrN6O3S/c1-3-30-17-5-4-16(21)12-18(17)31(28,29)27-10-8-25(9-11-27)19-13-20(24-15(2)23-19)26-7-6-22-14-26/h4-7,12-14H,3,8-11H2,1-2H3. The summed E-state index contributed by atoms with van der Waals surface area (Å²) in [7, 11) is -3.69. The van der Waals surface area contributed by atoms with Crippen molar-refractivity contribution >= 4 is 31.8 Å². The molecule has 0 radical (unpaired) electrons. The first-order valence-electron chi connectivity index (χ1n) is 9.90. The number of piperazine rings is 1. The average Bonchev–Trinajstić information content (AvgIpc) is 3.30. The van der Waals surface area contributed by atoms with Crippen LogP contribution in [-0.2, 0) is 10.0 Å². The van der Waals surface area contributed by atoms with Crippen molar-refractivity contribution in [1.82, 2.24) is 23.8 Å². The third-order valence-corrected chi connectivity index (χ3v) is 7.38. The van der Waals surface area contributed by atoms with E-state index in [0.29, 0.717) is 48.8 Å². The molecule has 0 bridgehead atoms. The highest BCUT2D eigenvalue weighted by molar-refractivity contribution is 9.10. The summed E-state index contributed by atoms with van der Waals surface area (Å²) in [4.78, 5) is 15.3. The molecule has 1 aliphatic rings. The Labute approximate surface area is 189 Å². The van der Waals surface area contributed by atoms with Crippen LogP contribution in [0.25, 0.3) is 5.82 Å². The van der Waals surface area contributed by atoms with Gasteiger partial charge in [-0.25, -0.2) is 23.4 Å². The topological polar surface area (TPSA) is 93.5 Å². The minimum Gasteiger partial charge on any atom is -0.492 e. The van der Waals surface area contributed by atoms with Gasteiger partial charge in [0.15, 0.2) is 0 Å². The summed E-state index contributed by atoms with van der Waals surface area (Å²) in [6.45, 7) is 5.82. The molecule has 0 amide bonds. The molecule has 0 saturated carbocycles. The fraction of sp³-hybridized carbons (Fsp3) is 0.350. The van der Waals surface area contributed by atoms with Crippen molar-refractivity contribution in [3.05, 3.63) is 53.3 Å². The van der Waals surface area contributed by atoms with Crippen LogP contribution < -0.4 is 9.64 Å². The molecule has 4 rings (SSSR count). The highest BCUT2D eigenvalue weighted by Gasteiger charge is 2.31. The van der Waals surface area contributed by atoms with Gasteiger partial charge in [0.1, 0.15) is 34.4 Å². The van der Waals surface area contributed by atoms with Gasteiger partial charge in [-0.3, -0.25) is 4.57 Å². The van der Waals surface area contributed by atoms with Crippen LogP contribution in [0.3, 0.4) is 0 Å². The lowest BCUT2D eigenvalue weighted by Gasteiger charge is -2.35. The van der Waals surface area contributed by atoms with E-state index in [0.717, 1.165) is 11.6 Å². The first-order chi connectivity index (χ1) is 14.9. The number of aromatic nitrogens is 4. The van der Waals surface area contributed by atoms with Crippen LogP contribution in [-0.4, -0.2) is 65.0 Å². The molecule has 1 fully saturated rings. The van der Waals surface area contributed by atoms with E-state index < -0.39 is 10.0 Å². The van der Waals surface area contributed by atoms with Crippen LogP contribution in [0.1, 0.15) is 12.7 Å². The second-order valence-corrected chi connectivity index (χ2v) is 9.84. The second-order valence-electron chi connectivity index (χ2n) is 7.02. The van der Waals surface area contributed by atoms with Crippen LogP contribution in [0.5, 0.6) is 5.75 Å². The number of hydrogen-bond acceptors (Lipinski definition) is 7. The summed E-state index contributed by atoms with van der Waals surface area (Å²) in [5.74, 6) is 2.51. The molecule has 0 N–H and O–H groups in total. The van der Waals surface area contributed by atoms with Crippen LogP contribution in [0.4, 0.5) is 5.82 Å². The Kier molecular flexibility index (Phi) is 6.26. The lowest BCUT2D eigenvalue weighted by atomic mass is 10.3. The van der Waals surface area contributed by atoms with E-state index >= 15 is 0 Å². The summed E-state index contributed by atoms with van der Waals surface area (Å²) in [6.07, 6.45) is 5.20. The number of ether oxygens (including phenoxy) is 1. The molecule has 3 heterocycles. The van der Waals surface area contributed by atoms with E-state index in [2.05, 4.69) is 35.8 Å². The molecule has 31 heavy (non-hydrogen) atoms. The molecule has 1 saturated heterocycles. The zero-order chi connectivity index (χ0) is 22.0. The van der Waals surface area contributed by atoms with Crippen LogP contribution >= 0.6 is 15.9 Å². The first-order valence-corrected chi connectivity index (χ1v) is 12.1. The van der Waals surface area contributed by atoms with Gasteiger partial charge in [0.25, 0.3) is 0 Å². The summed E-state index contributed by atoms with van der Waals surface area (Å²) in [5, 5.41) is 0. The molecule has 2 aromatic heterocycles. The predicted octanol–water partition coefficient (Wildman–Crippen LogP) is 2.64. The van der Waals surface area contributed by atoms with Gasteiger partial charge in [-0.05, 0) is 32.0 Å². The maximum absolute atomic E-state index is 13.3. The van der Waals surface area contributed by atoms with Crippen molar-refractivity contribution in [2.45, 2.75) is 18.7 Å². The summed E-state index contributed by atoms with van der Waals surface area (Å²) < 4.78 is 36.2. The van der Waals surface area contributed by atoms with E-state index in [1.807, 2.05) is 30.7 Å². The van der Waals surface area contributed by atoms with Crippen molar-refractivity contribution in [3.8, 4) is 11.6 Å². The number of benzene rings is 1. The fourth-order valence-electron chi connectivity index (χ4n) is 3.48. The van der Waals surface area contributed by atoms with Crippen LogP contribution in [0.15, 0.2) is 52.4 Å². The van der Waals surface area contributed by atoms with Gasteiger partial charge in [0.2, 0.25) is 10.0 Å². The maximum atomic E-state index is 13.3. The van der Waals surface area contributed by atoms with Gasteiger partial charge in [0, 0.05) is 49.1 Å². The number of rotatable bonds is 6. The van der Waals surface area contributed by atoms with E-state index in [4.69, 9.17) is 4.74 Å². The molecular formula is C20H23BrN6O3S. The van der Waals surface area contributed by atoms with Crippen molar-refractivity contribution < 1.29 is 13.2 Å². The third-order valence-electron chi connectivity index (χ3n) is 4.97. The van der Waals surface area contributed by atoms with E-state index in [-0.39, 0.29) is 4.90 Å². The SMILES string of the molecule is CCOc1ccc(Br)cc1S(=O)(=O)N1CCN(c2cc(-n3ccnc3)nc(C)n2)CC1. The van der Waals surface area contributed by atoms with Crippen molar-refractivity contribution in [2.75, 3.05) is 37.7 Å². The number of halogens is 1. The van der Waals surface area contributed by atoms with Gasteiger partial charge in [-0.15, -0.1) is 0 Å². The van der Waals surface area contributed by atoms with Gasteiger partial charge >= 0.3 is 0 Å². The Morgan fingerprint density at radius 3 is 2.52 bits per heavy atom. The maximum Gasteiger partial charge on any atom is 0.246 e. The summed E-state index contributed by atoms with van der Waals surface area (Å²) >= 11 is 3.37. The number of aryl methyl sites for hydroxylation is 1. The molecule has 11 heteroatoms. The third kappa shape index (κ3) is 4.58. The van der Waals surface area contributed by atoms with Gasteiger partial charge < -0.3 is 9.64 Å². The largest absolute Gasteiger partial charge is 0.492 e. The van der Waals surface area contributed by atoms with Gasteiger partial charge in [0.05, 0.1) is 6.61 Å². The molecule has 1 aromatic carbocycles. The molecule has 0 unspecified atom stereocenters. The average molecular weight is 507 g/mol. The highest BCUT2D eigenvalue weighted by Crippen LogP contribution is 2.31. The Morgan fingerprint density at radius 2 is 1.84 bits per heavy atom. The normalized spacial score (nSPS) is 15.3. The van der Waals surface area contributed by atoms with Gasteiger partial charge in [-0.2, -0.15) is 4.31 Å². The zero-order valence-electron chi connectivity index (χ0n) is 17.3. The quantitative estimate of drug-likeness (QED) is 0.507. The van der Waals surface area contributed by atoms with Crippen LogP contribution in [0, 0.1) is 6.92 Å². The minimum atomic E-state index is -3.69. The second kappa shape index (κ2) is 8.93. The van der Waals surface area contributed by atoms with Crippen molar-refractivity contribution in [1.29, 1.82) is 0 Å². The monoisotopic (exact) mass is 506 g/mol. The number of nitrogens with zero attached hydrogens (tertiary/aromatic N) is 6. The Balaban J connectivity index is 1.54. The molecule has 9 nitrogen and oxygen atoms in total. The lowest BCUT2D eigenvalue weighted by Crippen LogP contribution is -2.49. The number of sulfonamides is 1. The Bertz CT molecular complexity index is 1160. The number of hydrogen-bond donors (Lipinski definition) is 0. The number of anilines is 1. The zero-order valence-corrected chi connectivity index (χ0v) is 19.7. The Morgan fingerprint density at radius 1 is 1.10 bits per heavy atom. The van der Waals surface area contributed by atoms with E-state index in [9.17, 15) is 8.42 Å². The van der Waals surface area contributed by atoms with Crippen molar-refractivity contribution in [3.63, 3.8) is 0 Å². The highest BCUT2D eigenvalue weighted by atomic mass is 79.9. The molecule has 0 atom stereocenters.